The summed E-state index contributed by atoms with van der Waals surface area (Å²) in [5.74, 6) is 0. The van der Waals surface area contributed by atoms with E-state index in [2.05, 4.69) is 54.9 Å². The molecule has 0 radical (unpaired) electrons. The van der Waals surface area contributed by atoms with E-state index < -0.39 is 0 Å². The van der Waals surface area contributed by atoms with Crippen molar-refractivity contribution < 1.29 is 0 Å². The lowest BCUT2D eigenvalue weighted by atomic mass is 10.1. The summed E-state index contributed by atoms with van der Waals surface area (Å²) >= 11 is 5.55. The molecule has 7 heteroatoms. The highest BCUT2D eigenvalue weighted by Gasteiger charge is 2.20. The molecule has 2 aliphatic rings. The van der Waals surface area contributed by atoms with E-state index in [-0.39, 0.29) is 0 Å². The van der Waals surface area contributed by atoms with Gasteiger partial charge < -0.3 is 15.1 Å². The fourth-order valence-electron chi connectivity index (χ4n) is 3.31. The number of hydrazone groups is 1. The van der Waals surface area contributed by atoms with Crippen molar-refractivity contribution in [1.82, 2.24) is 15.3 Å². The first-order valence-electron chi connectivity index (χ1n) is 8.92. The number of aromatic nitrogens is 1. The summed E-state index contributed by atoms with van der Waals surface area (Å²) in [5.41, 5.74) is 7.23. The maximum atomic E-state index is 5.55. The predicted molar refractivity (Wildman–Crippen MR) is 110 cm³/mol. The van der Waals surface area contributed by atoms with Gasteiger partial charge in [0.2, 0.25) is 0 Å². The minimum atomic E-state index is 0.682. The van der Waals surface area contributed by atoms with Gasteiger partial charge in [0.05, 0.1) is 11.4 Å². The first kappa shape index (κ1) is 16.8. The Morgan fingerprint density at radius 1 is 1.08 bits per heavy atom. The highest BCUT2D eigenvalue weighted by Crippen LogP contribution is 2.19. The fraction of sp³-hybridized carbons (Fsp3) is 0.316. The van der Waals surface area contributed by atoms with E-state index in [1.807, 2.05) is 18.2 Å². The number of rotatable bonds is 2. The third-order valence-electron chi connectivity index (χ3n) is 4.73. The number of benzene rings is 1. The van der Waals surface area contributed by atoms with Gasteiger partial charge in [0.1, 0.15) is 5.69 Å². The van der Waals surface area contributed by atoms with Gasteiger partial charge in [0, 0.05) is 51.0 Å². The first-order valence-corrected chi connectivity index (χ1v) is 9.33. The van der Waals surface area contributed by atoms with Crippen LogP contribution in [0.4, 0.5) is 11.4 Å². The molecule has 0 spiro atoms. The molecule has 2 N–H and O–H groups in total. The zero-order chi connectivity index (χ0) is 17.8. The van der Waals surface area contributed by atoms with Crippen LogP contribution in [-0.4, -0.2) is 53.4 Å². The van der Waals surface area contributed by atoms with Gasteiger partial charge in [-0.3, -0.25) is 10.4 Å². The van der Waals surface area contributed by atoms with E-state index >= 15 is 0 Å². The summed E-state index contributed by atoms with van der Waals surface area (Å²) in [6, 6.07) is 14.5. The largest absolute Gasteiger partial charge is 0.383 e. The zero-order valence-corrected chi connectivity index (χ0v) is 15.4. The second-order valence-electron chi connectivity index (χ2n) is 6.36. The van der Waals surface area contributed by atoms with E-state index in [0.717, 1.165) is 56.2 Å². The van der Waals surface area contributed by atoms with E-state index in [9.17, 15) is 0 Å². The van der Waals surface area contributed by atoms with Crippen LogP contribution in [0.2, 0.25) is 0 Å². The van der Waals surface area contributed by atoms with Crippen LogP contribution in [0.3, 0.4) is 0 Å². The van der Waals surface area contributed by atoms with Crippen LogP contribution in [0.1, 0.15) is 12.1 Å². The molecule has 0 unspecified atom stereocenters. The standard InChI is InChI=1S/C19H22N6S/c26-19(23-22-17-8-10-20-16-7-4-9-21-18(16)17)25-13-11-24(12-14-25)15-5-2-1-3-6-15/h1-7,9,20H,8,10-14H2,(H,23,26)/b22-17-. The van der Waals surface area contributed by atoms with Crippen molar-refractivity contribution in [3.63, 3.8) is 0 Å². The molecule has 0 bridgehead atoms. The smallest absolute Gasteiger partial charge is 0.189 e. The number of para-hydroxylation sites is 1. The highest BCUT2D eigenvalue weighted by atomic mass is 32.1. The molecule has 0 aliphatic carbocycles. The molecule has 1 aromatic heterocycles. The van der Waals surface area contributed by atoms with Crippen molar-refractivity contribution >= 4 is 34.4 Å². The Morgan fingerprint density at radius 3 is 2.69 bits per heavy atom. The van der Waals surface area contributed by atoms with E-state index in [1.54, 1.807) is 6.20 Å². The predicted octanol–water partition coefficient (Wildman–Crippen LogP) is 2.30. The molecule has 4 rings (SSSR count). The van der Waals surface area contributed by atoms with Gasteiger partial charge in [-0.05, 0) is 36.5 Å². The van der Waals surface area contributed by atoms with Crippen LogP contribution < -0.4 is 15.6 Å². The van der Waals surface area contributed by atoms with E-state index in [4.69, 9.17) is 12.2 Å². The van der Waals surface area contributed by atoms with Gasteiger partial charge in [-0.25, -0.2) is 0 Å². The molecule has 0 amide bonds. The van der Waals surface area contributed by atoms with Crippen LogP contribution in [0.25, 0.3) is 0 Å². The Balaban J connectivity index is 1.35. The topological polar surface area (TPSA) is 55.8 Å². The molecule has 2 aromatic rings. The molecule has 3 heterocycles. The second kappa shape index (κ2) is 7.70. The Morgan fingerprint density at radius 2 is 1.88 bits per heavy atom. The normalized spacial score (nSPS) is 18.2. The number of fused-ring (bicyclic) bond motifs is 1. The van der Waals surface area contributed by atoms with Crippen molar-refractivity contribution in [2.24, 2.45) is 5.10 Å². The van der Waals surface area contributed by atoms with Gasteiger partial charge in [-0.1, -0.05) is 18.2 Å². The third-order valence-corrected chi connectivity index (χ3v) is 5.08. The number of hydrogen-bond acceptors (Lipinski definition) is 5. The second-order valence-corrected chi connectivity index (χ2v) is 6.75. The molecule has 134 valence electrons. The first-order chi connectivity index (χ1) is 12.8. The summed E-state index contributed by atoms with van der Waals surface area (Å²) in [4.78, 5) is 9.00. The number of piperazine rings is 1. The highest BCUT2D eigenvalue weighted by molar-refractivity contribution is 7.80. The molecule has 26 heavy (non-hydrogen) atoms. The third kappa shape index (κ3) is 3.62. The monoisotopic (exact) mass is 366 g/mol. The van der Waals surface area contributed by atoms with Gasteiger partial charge in [0.15, 0.2) is 5.11 Å². The number of anilines is 2. The summed E-state index contributed by atoms with van der Waals surface area (Å²) in [5, 5.41) is 8.57. The average molecular weight is 366 g/mol. The molecule has 1 aromatic carbocycles. The van der Waals surface area contributed by atoms with Gasteiger partial charge in [-0.15, -0.1) is 0 Å². The van der Waals surface area contributed by atoms with E-state index in [0.29, 0.717) is 5.11 Å². The maximum Gasteiger partial charge on any atom is 0.189 e. The lowest BCUT2D eigenvalue weighted by Crippen LogP contribution is -2.51. The molecular weight excluding hydrogens is 344 g/mol. The van der Waals surface area contributed by atoms with Crippen LogP contribution >= 0.6 is 12.2 Å². The van der Waals surface area contributed by atoms with Gasteiger partial charge >= 0.3 is 0 Å². The van der Waals surface area contributed by atoms with Crippen LogP contribution in [-0.2, 0) is 0 Å². The van der Waals surface area contributed by atoms with Crippen molar-refractivity contribution in [3.05, 3.63) is 54.4 Å². The van der Waals surface area contributed by atoms with Crippen molar-refractivity contribution in [1.29, 1.82) is 0 Å². The minimum Gasteiger partial charge on any atom is -0.383 e. The lowest BCUT2D eigenvalue weighted by Gasteiger charge is -2.37. The fourth-order valence-corrected chi connectivity index (χ4v) is 3.54. The van der Waals surface area contributed by atoms with Gasteiger partial charge in [0.25, 0.3) is 0 Å². The number of pyridine rings is 1. The van der Waals surface area contributed by atoms with Crippen molar-refractivity contribution in [2.75, 3.05) is 42.9 Å². The summed E-state index contributed by atoms with van der Waals surface area (Å²) < 4.78 is 0. The Hall–Kier alpha value is -2.67. The summed E-state index contributed by atoms with van der Waals surface area (Å²) in [6.45, 7) is 4.55. The Kier molecular flexibility index (Phi) is 4.97. The Labute approximate surface area is 158 Å². The minimum absolute atomic E-state index is 0.682. The van der Waals surface area contributed by atoms with E-state index in [1.165, 1.54) is 5.69 Å². The SMILES string of the molecule is S=C(N/N=C1/CCNc2cccnc21)N1CCN(c2ccccc2)CC1. The molecule has 1 saturated heterocycles. The number of thiocarbonyl (C=S) groups is 1. The Bertz CT molecular complexity index is 799. The van der Waals surface area contributed by atoms with Gasteiger partial charge in [-0.2, -0.15) is 5.10 Å². The quantitative estimate of drug-likeness (QED) is 0.628. The van der Waals surface area contributed by atoms with Crippen LogP contribution in [0.5, 0.6) is 0 Å². The lowest BCUT2D eigenvalue weighted by molar-refractivity contribution is 0.381. The molecule has 0 atom stereocenters. The number of nitrogens with one attached hydrogen (secondary N) is 2. The van der Waals surface area contributed by atoms with Crippen molar-refractivity contribution in [2.45, 2.75) is 6.42 Å². The zero-order valence-electron chi connectivity index (χ0n) is 14.6. The molecule has 6 nitrogen and oxygen atoms in total. The molecule has 2 aliphatic heterocycles. The summed E-state index contributed by atoms with van der Waals surface area (Å²) in [6.07, 6.45) is 2.63. The molecule has 1 fully saturated rings. The average Bonchev–Trinajstić information content (AvgIpc) is 2.73. The molecule has 0 saturated carbocycles. The van der Waals surface area contributed by atoms with Crippen molar-refractivity contribution in [3.8, 4) is 0 Å². The summed E-state index contributed by atoms with van der Waals surface area (Å²) in [7, 11) is 0. The number of nitrogens with zero attached hydrogens (tertiary/aromatic N) is 4. The van der Waals surface area contributed by atoms with Crippen LogP contribution in [0, 0.1) is 0 Å². The molecular formula is C19H22N6S. The maximum absolute atomic E-state index is 5.55. The number of hydrogen-bond donors (Lipinski definition) is 2. The van der Waals surface area contributed by atoms with Crippen LogP contribution in [0.15, 0.2) is 53.8 Å².